The number of halogens is 1. The Morgan fingerprint density at radius 1 is 1.04 bits per heavy atom. The molecule has 2 aliphatic heterocycles. The molecule has 0 bridgehead atoms. The van der Waals surface area contributed by atoms with Crippen molar-refractivity contribution in [2.24, 2.45) is 5.92 Å². The van der Waals surface area contributed by atoms with Crippen LogP contribution in [0, 0.1) is 11.7 Å². The van der Waals surface area contributed by atoms with E-state index in [1.807, 2.05) is 4.90 Å². The fourth-order valence-electron chi connectivity index (χ4n) is 3.59. The summed E-state index contributed by atoms with van der Waals surface area (Å²) in [5.41, 5.74) is 0.508. The molecule has 2 saturated heterocycles. The Labute approximate surface area is 148 Å². The van der Waals surface area contributed by atoms with Crippen molar-refractivity contribution in [2.75, 3.05) is 45.8 Å². The van der Waals surface area contributed by atoms with E-state index < -0.39 is 0 Å². The van der Waals surface area contributed by atoms with Gasteiger partial charge in [-0.2, -0.15) is 0 Å². The normalized spacial score (nSPS) is 22.1. The highest BCUT2D eigenvalue weighted by atomic mass is 19.1. The van der Waals surface area contributed by atoms with Crippen LogP contribution in [-0.4, -0.2) is 72.3 Å². The maximum atomic E-state index is 13.0. The molecule has 1 aromatic carbocycles. The molecule has 3 rings (SSSR count). The summed E-state index contributed by atoms with van der Waals surface area (Å²) in [5.74, 6) is 0.371. The molecule has 0 spiro atoms. The second-order valence-corrected chi connectivity index (χ2v) is 7.16. The van der Waals surface area contributed by atoms with Crippen LogP contribution in [0.1, 0.15) is 30.1 Å². The van der Waals surface area contributed by atoms with Crippen molar-refractivity contribution < 1.29 is 14.0 Å². The third kappa shape index (κ3) is 4.57. The number of piperazine rings is 1. The molecule has 2 amide bonds. The zero-order chi connectivity index (χ0) is 17.8. The van der Waals surface area contributed by atoms with Gasteiger partial charge in [-0.15, -0.1) is 0 Å². The van der Waals surface area contributed by atoms with Crippen molar-refractivity contribution in [3.8, 4) is 0 Å². The van der Waals surface area contributed by atoms with E-state index in [-0.39, 0.29) is 17.6 Å². The van der Waals surface area contributed by atoms with Crippen LogP contribution >= 0.6 is 0 Å². The summed E-state index contributed by atoms with van der Waals surface area (Å²) in [7, 11) is 0. The lowest BCUT2D eigenvalue weighted by atomic mass is 10.0. The summed E-state index contributed by atoms with van der Waals surface area (Å²) in [4.78, 5) is 30.8. The summed E-state index contributed by atoms with van der Waals surface area (Å²) >= 11 is 0. The van der Waals surface area contributed by atoms with E-state index in [9.17, 15) is 14.0 Å². The zero-order valence-electron chi connectivity index (χ0n) is 14.8. The summed E-state index contributed by atoms with van der Waals surface area (Å²) in [6, 6.07) is 5.65. The molecule has 136 valence electrons. The quantitative estimate of drug-likeness (QED) is 0.838. The highest BCUT2D eigenvalue weighted by molar-refractivity contribution is 5.94. The minimum absolute atomic E-state index is 0.0733. The van der Waals surface area contributed by atoms with Gasteiger partial charge in [-0.3, -0.25) is 14.5 Å². The van der Waals surface area contributed by atoms with Crippen molar-refractivity contribution in [1.82, 2.24) is 14.7 Å². The van der Waals surface area contributed by atoms with Crippen molar-refractivity contribution in [3.63, 3.8) is 0 Å². The smallest absolute Gasteiger partial charge is 0.253 e. The number of rotatable bonds is 3. The van der Waals surface area contributed by atoms with Gasteiger partial charge in [0.15, 0.2) is 0 Å². The lowest BCUT2D eigenvalue weighted by Gasteiger charge is -2.37. The predicted octanol–water partition coefficient (Wildman–Crippen LogP) is 1.84. The Bertz CT molecular complexity index is 612. The van der Waals surface area contributed by atoms with Gasteiger partial charge in [0, 0.05) is 44.8 Å². The van der Waals surface area contributed by atoms with E-state index in [1.54, 1.807) is 4.90 Å². The molecule has 0 aliphatic carbocycles. The van der Waals surface area contributed by atoms with Gasteiger partial charge in [0.25, 0.3) is 5.91 Å². The average Bonchev–Trinajstić information content (AvgIpc) is 2.62. The number of amides is 2. The van der Waals surface area contributed by atoms with Gasteiger partial charge in [0.1, 0.15) is 5.82 Å². The van der Waals surface area contributed by atoms with Crippen LogP contribution in [0.15, 0.2) is 24.3 Å². The number of hydrogen-bond acceptors (Lipinski definition) is 3. The van der Waals surface area contributed by atoms with Crippen LogP contribution in [0.4, 0.5) is 4.39 Å². The number of benzene rings is 1. The highest BCUT2D eigenvalue weighted by Crippen LogP contribution is 2.16. The molecule has 0 N–H and O–H groups in total. The van der Waals surface area contributed by atoms with E-state index in [1.165, 1.54) is 30.7 Å². The molecule has 25 heavy (non-hydrogen) atoms. The predicted molar refractivity (Wildman–Crippen MR) is 93.7 cm³/mol. The average molecular weight is 347 g/mol. The number of hydrogen-bond donors (Lipinski definition) is 0. The fraction of sp³-hybridized carbons (Fsp3) is 0.579. The lowest BCUT2D eigenvalue weighted by molar-refractivity contribution is -0.134. The lowest BCUT2D eigenvalue weighted by Crippen LogP contribution is -2.52. The number of carbonyl (C=O) groups is 2. The van der Waals surface area contributed by atoms with Gasteiger partial charge in [-0.1, -0.05) is 6.92 Å². The Hall–Kier alpha value is -1.95. The van der Waals surface area contributed by atoms with Crippen LogP contribution in [0.25, 0.3) is 0 Å². The summed E-state index contributed by atoms with van der Waals surface area (Å²) < 4.78 is 13.0. The maximum Gasteiger partial charge on any atom is 0.253 e. The minimum atomic E-state index is -0.341. The van der Waals surface area contributed by atoms with Gasteiger partial charge >= 0.3 is 0 Å². The van der Waals surface area contributed by atoms with E-state index in [0.717, 1.165) is 19.5 Å². The summed E-state index contributed by atoms with van der Waals surface area (Å²) in [6.45, 7) is 6.95. The molecule has 2 heterocycles. The highest BCUT2D eigenvalue weighted by Gasteiger charge is 2.26. The van der Waals surface area contributed by atoms with Gasteiger partial charge in [0.05, 0.1) is 6.54 Å². The number of likely N-dealkylation sites (tertiary alicyclic amines) is 1. The molecule has 1 aromatic rings. The molecule has 0 aromatic heterocycles. The van der Waals surface area contributed by atoms with Crippen LogP contribution in [-0.2, 0) is 4.79 Å². The Morgan fingerprint density at radius 3 is 2.36 bits per heavy atom. The van der Waals surface area contributed by atoms with Gasteiger partial charge in [-0.05, 0) is 43.0 Å². The topological polar surface area (TPSA) is 43.9 Å². The van der Waals surface area contributed by atoms with Gasteiger partial charge in [-0.25, -0.2) is 4.39 Å². The first-order chi connectivity index (χ1) is 12.0. The van der Waals surface area contributed by atoms with Crippen molar-refractivity contribution in [1.29, 1.82) is 0 Å². The maximum absolute atomic E-state index is 13.0. The van der Waals surface area contributed by atoms with E-state index in [2.05, 4.69) is 11.8 Å². The standard InChI is InChI=1S/C19H26FN3O2/c1-15-3-2-8-23(13-15)18(24)14-21-9-11-22(12-10-21)19(25)16-4-6-17(20)7-5-16/h4-7,15H,2-3,8-14H2,1H3. The van der Waals surface area contributed by atoms with Gasteiger partial charge in [0.2, 0.25) is 5.91 Å². The second-order valence-electron chi connectivity index (χ2n) is 7.16. The Morgan fingerprint density at radius 2 is 1.72 bits per heavy atom. The molecule has 6 heteroatoms. The molecular formula is C19H26FN3O2. The van der Waals surface area contributed by atoms with E-state index in [4.69, 9.17) is 0 Å². The third-order valence-corrected chi connectivity index (χ3v) is 5.12. The molecule has 0 saturated carbocycles. The van der Waals surface area contributed by atoms with Crippen LogP contribution < -0.4 is 0 Å². The molecule has 1 atom stereocenters. The number of piperidine rings is 1. The Kier molecular flexibility index (Phi) is 5.68. The first-order valence-electron chi connectivity index (χ1n) is 9.08. The molecule has 1 unspecified atom stereocenters. The van der Waals surface area contributed by atoms with E-state index >= 15 is 0 Å². The van der Waals surface area contributed by atoms with Gasteiger partial charge < -0.3 is 9.80 Å². The molecule has 0 radical (unpaired) electrons. The Balaban J connectivity index is 1.47. The second kappa shape index (κ2) is 7.95. The molecule has 2 aliphatic rings. The molecular weight excluding hydrogens is 321 g/mol. The summed E-state index contributed by atoms with van der Waals surface area (Å²) in [6.07, 6.45) is 2.29. The van der Waals surface area contributed by atoms with Crippen molar-refractivity contribution in [3.05, 3.63) is 35.6 Å². The summed E-state index contributed by atoms with van der Waals surface area (Å²) in [5, 5.41) is 0. The SMILES string of the molecule is CC1CCCN(C(=O)CN2CCN(C(=O)c3ccc(F)cc3)CC2)C1. The zero-order valence-corrected chi connectivity index (χ0v) is 14.8. The fourth-order valence-corrected chi connectivity index (χ4v) is 3.59. The first kappa shape index (κ1) is 17.9. The van der Waals surface area contributed by atoms with Crippen LogP contribution in [0.3, 0.4) is 0 Å². The van der Waals surface area contributed by atoms with Crippen molar-refractivity contribution >= 4 is 11.8 Å². The monoisotopic (exact) mass is 347 g/mol. The van der Waals surface area contributed by atoms with Crippen molar-refractivity contribution in [2.45, 2.75) is 19.8 Å². The molecule has 2 fully saturated rings. The van der Waals surface area contributed by atoms with Crippen LogP contribution in [0.2, 0.25) is 0 Å². The number of carbonyl (C=O) groups excluding carboxylic acids is 2. The number of nitrogens with zero attached hydrogens (tertiary/aromatic N) is 3. The van der Waals surface area contributed by atoms with Crippen LogP contribution in [0.5, 0.6) is 0 Å². The van der Waals surface area contributed by atoms with E-state index in [0.29, 0.717) is 44.2 Å². The third-order valence-electron chi connectivity index (χ3n) is 5.12. The minimum Gasteiger partial charge on any atom is -0.341 e. The largest absolute Gasteiger partial charge is 0.341 e. The molecule has 5 nitrogen and oxygen atoms in total. The first-order valence-corrected chi connectivity index (χ1v) is 9.08.